The number of benzene rings is 1. The SMILES string of the molecule is O=C(Nc1cccnc1)Nc1cc(Cl)cc(C(=O)O)c1. The maximum Gasteiger partial charge on any atom is 0.335 e. The highest BCUT2D eigenvalue weighted by atomic mass is 35.5. The first-order chi connectivity index (χ1) is 9.54. The maximum absolute atomic E-state index is 11.7. The van der Waals surface area contributed by atoms with Gasteiger partial charge in [-0.2, -0.15) is 0 Å². The Bertz CT molecular complexity index is 647. The zero-order valence-electron chi connectivity index (χ0n) is 10.1. The summed E-state index contributed by atoms with van der Waals surface area (Å²) in [5, 5.41) is 14.2. The van der Waals surface area contributed by atoms with Crippen LogP contribution in [0.5, 0.6) is 0 Å². The highest BCUT2D eigenvalue weighted by Gasteiger charge is 2.08. The molecule has 7 heteroatoms. The van der Waals surface area contributed by atoms with Crippen LogP contribution in [-0.4, -0.2) is 22.1 Å². The molecule has 0 aliphatic rings. The first-order valence-corrected chi connectivity index (χ1v) is 5.94. The summed E-state index contributed by atoms with van der Waals surface area (Å²) in [7, 11) is 0. The van der Waals surface area contributed by atoms with Gasteiger partial charge in [-0.3, -0.25) is 4.98 Å². The largest absolute Gasteiger partial charge is 0.478 e. The van der Waals surface area contributed by atoms with Crippen LogP contribution in [0, 0.1) is 0 Å². The Kier molecular flexibility index (Phi) is 4.17. The number of carboxylic acid groups (broad SMARTS) is 1. The number of hydrogen-bond acceptors (Lipinski definition) is 3. The Labute approximate surface area is 119 Å². The van der Waals surface area contributed by atoms with Crippen LogP contribution < -0.4 is 10.6 Å². The summed E-state index contributed by atoms with van der Waals surface area (Å²) >= 11 is 5.79. The molecule has 1 aromatic heterocycles. The second-order valence-corrected chi connectivity index (χ2v) is 4.29. The van der Waals surface area contributed by atoms with E-state index in [9.17, 15) is 9.59 Å². The van der Waals surface area contributed by atoms with E-state index in [-0.39, 0.29) is 16.3 Å². The molecule has 20 heavy (non-hydrogen) atoms. The smallest absolute Gasteiger partial charge is 0.335 e. The Morgan fingerprint density at radius 2 is 1.90 bits per heavy atom. The molecule has 0 radical (unpaired) electrons. The van der Waals surface area contributed by atoms with Gasteiger partial charge in [0.05, 0.1) is 17.4 Å². The summed E-state index contributed by atoms with van der Waals surface area (Å²) in [5.41, 5.74) is 0.802. The van der Waals surface area contributed by atoms with Crippen LogP contribution in [-0.2, 0) is 0 Å². The number of nitrogens with zero attached hydrogens (tertiary/aromatic N) is 1. The zero-order chi connectivity index (χ0) is 14.5. The summed E-state index contributed by atoms with van der Waals surface area (Å²) < 4.78 is 0. The molecular weight excluding hydrogens is 282 g/mol. The predicted octanol–water partition coefficient (Wildman–Crippen LogP) is 3.08. The molecular formula is C13H10ClN3O3. The molecule has 102 valence electrons. The lowest BCUT2D eigenvalue weighted by molar-refractivity contribution is 0.0697. The molecule has 0 fully saturated rings. The molecule has 0 atom stereocenters. The van der Waals surface area contributed by atoms with Gasteiger partial charge in [-0.15, -0.1) is 0 Å². The first kappa shape index (κ1) is 13.8. The highest BCUT2D eigenvalue weighted by Crippen LogP contribution is 2.19. The molecule has 1 aromatic carbocycles. The summed E-state index contributed by atoms with van der Waals surface area (Å²) in [6.45, 7) is 0. The molecule has 2 rings (SSSR count). The molecule has 0 aliphatic heterocycles. The Morgan fingerprint density at radius 1 is 1.15 bits per heavy atom. The van der Waals surface area contributed by atoms with Gasteiger partial charge in [-0.25, -0.2) is 9.59 Å². The van der Waals surface area contributed by atoms with Crippen LogP contribution in [0.3, 0.4) is 0 Å². The summed E-state index contributed by atoms with van der Waals surface area (Å²) in [5.74, 6) is -1.12. The van der Waals surface area contributed by atoms with Crippen LogP contribution in [0.2, 0.25) is 5.02 Å². The van der Waals surface area contributed by atoms with E-state index in [2.05, 4.69) is 15.6 Å². The summed E-state index contributed by atoms with van der Waals surface area (Å²) in [4.78, 5) is 26.5. The van der Waals surface area contributed by atoms with Crippen molar-refractivity contribution >= 4 is 35.0 Å². The molecule has 0 saturated carbocycles. The topological polar surface area (TPSA) is 91.3 Å². The molecule has 0 aliphatic carbocycles. The Hall–Kier alpha value is -2.60. The molecule has 0 spiro atoms. The Morgan fingerprint density at radius 3 is 2.55 bits per heavy atom. The molecule has 2 aromatic rings. The number of rotatable bonds is 3. The quantitative estimate of drug-likeness (QED) is 0.810. The van der Waals surface area contributed by atoms with Gasteiger partial charge in [-0.05, 0) is 30.3 Å². The summed E-state index contributed by atoms with van der Waals surface area (Å²) in [6.07, 6.45) is 3.07. The third-order valence-electron chi connectivity index (χ3n) is 2.32. The third kappa shape index (κ3) is 3.69. The number of carbonyl (C=O) groups excluding carboxylic acids is 1. The van der Waals surface area contributed by atoms with Gasteiger partial charge in [0, 0.05) is 16.9 Å². The van der Waals surface area contributed by atoms with E-state index >= 15 is 0 Å². The van der Waals surface area contributed by atoms with Crippen molar-refractivity contribution in [2.75, 3.05) is 10.6 Å². The van der Waals surface area contributed by atoms with E-state index in [1.165, 1.54) is 24.4 Å². The van der Waals surface area contributed by atoms with Crippen molar-refractivity contribution in [3.8, 4) is 0 Å². The van der Waals surface area contributed by atoms with Crippen LogP contribution in [0.1, 0.15) is 10.4 Å². The lowest BCUT2D eigenvalue weighted by Crippen LogP contribution is -2.19. The van der Waals surface area contributed by atoms with Crippen molar-refractivity contribution < 1.29 is 14.7 Å². The van der Waals surface area contributed by atoms with Gasteiger partial charge < -0.3 is 15.7 Å². The Balaban J connectivity index is 2.10. The lowest BCUT2D eigenvalue weighted by Gasteiger charge is -2.08. The van der Waals surface area contributed by atoms with Crippen molar-refractivity contribution in [2.24, 2.45) is 0 Å². The number of carboxylic acids is 1. The van der Waals surface area contributed by atoms with Crippen molar-refractivity contribution in [3.05, 3.63) is 53.3 Å². The van der Waals surface area contributed by atoms with Gasteiger partial charge in [0.2, 0.25) is 0 Å². The minimum absolute atomic E-state index is 0.00539. The van der Waals surface area contributed by atoms with E-state index in [0.29, 0.717) is 5.69 Å². The van der Waals surface area contributed by atoms with Crippen molar-refractivity contribution in [3.63, 3.8) is 0 Å². The van der Waals surface area contributed by atoms with Crippen LogP contribution in [0.25, 0.3) is 0 Å². The van der Waals surface area contributed by atoms with Crippen molar-refractivity contribution in [1.82, 2.24) is 4.98 Å². The number of nitrogens with one attached hydrogen (secondary N) is 2. The summed E-state index contributed by atoms with van der Waals surface area (Å²) in [6, 6.07) is 6.91. The second-order valence-electron chi connectivity index (χ2n) is 3.85. The van der Waals surface area contributed by atoms with E-state index in [0.717, 1.165) is 0 Å². The van der Waals surface area contributed by atoms with E-state index in [1.807, 2.05) is 0 Å². The third-order valence-corrected chi connectivity index (χ3v) is 2.54. The maximum atomic E-state index is 11.7. The monoisotopic (exact) mass is 291 g/mol. The molecule has 2 amide bonds. The number of urea groups is 1. The van der Waals surface area contributed by atoms with E-state index in [1.54, 1.807) is 18.3 Å². The van der Waals surface area contributed by atoms with Crippen LogP contribution in [0.15, 0.2) is 42.7 Å². The number of hydrogen-bond donors (Lipinski definition) is 3. The van der Waals surface area contributed by atoms with Gasteiger partial charge in [0.15, 0.2) is 0 Å². The second kappa shape index (κ2) is 6.03. The number of amides is 2. The minimum Gasteiger partial charge on any atom is -0.478 e. The molecule has 0 bridgehead atoms. The first-order valence-electron chi connectivity index (χ1n) is 5.56. The van der Waals surface area contributed by atoms with Crippen molar-refractivity contribution in [2.45, 2.75) is 0 Å². The lowest BCUT2D eigenvalue weighted by atomic mass is 10.2. The van der Waals surface area contributed by atoms with Gasteiger partial charge >= 0.3 is 12.0 Å². The highest BCUT2D eigenvalue weighted by molar-refractivity contribution is 6.31. The number of pyridine rings is 1. The molecule has 0 unspecified atom stereocenters. The number of aromatic nitrogens is 1. The fourth-order valence-electron chi connectivity index (χ4n) is 1.52. The molecule has 1 heterocycles. The van der Waals surface area contributed by atoms with E-state index in [4.69, 9.17) is 16.7 Å². The fraction of sp³-hybridized carbons (Fsp3) is 0. The average Bonchev–Trinajstić information content (AvgIpc) is 2.38. The minimum atomic E-state index is -1.12. The standard InChI is InChI=1S/C13H10ClN3O3/c14-9-4-8(12(18)19)5-11(6-9)17-13(20)16-10-2-1-3-15-7-10/h1-7H,(H,18,19)(H2,16,17,20). The van der Waals surface area contributed by atoms with Gasteiger partial charge in [-0.1, -0.05) is 11.6 Å². The molecule has 6 nitrogen and oxygen atoms in total. The van der Waals surface area contributed by atoms with E-state index < -0.39 is 12.0 Å². The van der Waals surface area contributed by atoms with Crippen LogP contribution >= 0.6 is 11.6 Å². The number of anilines is 2. The molecule has 3 N–H and O–H groups in total. The zero-order valence-corrected chi connectivity index (χ0v) is 10.9. The number of carbonyl (C=O) groups is 2. The average molecular weight is 292 g/mol. The number of aromatic carboxylic acids is 1. The van der Waals surface area contributed by atoms with Gasteiger partial charge in [0.25, 0.3) is 0 Å². The predicted molar refractivity (Wildman–Crippen MR) is 75.3 cm³/mol. The fourth-order valence-corrected chi connectivity index (χ4v) is 1.75. The van der Waals surface area contributed by atoms with Crippen LogP contribution in [0.4, 0.5) is 16.2 Å². The molecule has 0 saturated heterocycles. The van der Waals surface area contributed by atoms with Gasteiger partial charge in [0.1, 0.15) is 0 Å². The normalized spacial score (nSPS) is 9.85. The van der Waals surface area contributed by atoms with Crippen molar-refractivity contribution in [1.29, 1.82) is 0 Å². The number of halogens is 1.